The molecule has 1 saturated carbocycles. The van der Waals surface area contributed by atoms with Gasteiger partial charge in [-0.3, -0.25) is 14.4 Å². The van der Waals surface area contributed by atoms with Crippen LogP contribution in [0.1, 0.15) is 70.3 Å². The van der Waals surface area contributed by atoms with Gasteiger partial charge in [0.2, 0.25) is 0 Å². The zero-order valence-corrected chi connectivity index (χ0v) is 18.8. The molecule has 1 aromatic heterocycles. The Bertz CT molecular complexity index is 1120. The Hall–Kier alpha value is -3.44. The van der Waals surface area contributed by atoms with Crippen molar-refractivity contribution in [1.82, 2.24) is 9.88 Å². The maximum absolute atomic E-state index is 13.0. The number of carbonyl (C=O) groups is 3. The number of aliphatic hydroxyl groups excluding tert-OH is 1. The first-order chi connectivity index (χ1) is 15.1. The Labute approximate surface area is 187 Å². The topological polar surface area (TPSA) is 124 Å². The predicted octanol–water partition coefficient (Wildman–Crippen LogP) is 2.76. The predicted molar refractivity (Wildman–Crippen MR) is 119 cm³/mol. The number of Topliss-reactive ketones (excluding diaryl/α,β-unsaturated/α-hetero) is 1. The maximum atomic E-state index is 13.0. The summed E-state index contributed by atoms with van der Waals surface area (Å²) in [5, 5.41) is 24.4. The van der Waals surface area contributed by atoms with Crippen LogP contribution in [0.15, 0.2) is 24.3 Å². The second-order valence-corrected chi connectivity index (χ2v) is 8.71. The van der Waals surface area contributed by atoms with Crippen LogP contribution in [0.25, 0.3) is 0 Å². The third kappa shape index (κ3) is 4.58. The molecule has 1 aromatic carbocycles. The fraction of sp³-hybridized carbons (Fsp3) is 0.417. The summed E-state index contributed by atoms with van der Waals surface area (Å²) < 4.78 is 1.56. The molecular weight excluding hydrogens is 408 g/mol. The van der Waals surface area contributed by atoms with E-state index in [1.807, 2.05) is 13.0 Å². The van der Waals surface area contributed by atoms with E-state index in [0.29, 0.717) is 53.8 Å². The lowest BCUT2D eigenvalue weighted by molar-refractivity contribution is -0.119. The van der Waals surface area contributed by atoms with E-state index in [1.165, 1.54) is 0 Å². The number of hydrogen-bond acceptors (Lipinski definition) is 5. The van der Waals surface area contributed by atoms with Crippen molar-refractivity contribution in [3.05, 3.63) is 52.3 Å². The minimum Gasteiger partial charge on any atom is -0.393 e. The minimum atomic E-state index is -0.721. The normalized spacial score (nSPS) is 20.3. The van der Waals surface area contributed by atoms with Crippen LogP contribution in [0, 0.1) is 25.2 Å². The summed E-state index contributed by atoms with van der Waals surface area (Å²) in [7, 11) is 1.65. The molecule has 2 aromatic rings. The third-order valence-corrected chi connectivity index (χ3v) is 6.30. The molecule has 0 bridgehead atoms. The number of aliphatic hydroxyl groups is 1. The first-order valence-electron chi connectivity index (χ1n) is 10.6. The van der Waals surface area contributed by atoms with Crippen molar-refractivity contribution >= 4 is 23.3 Å². The van der Waals surface area contributed by atoms with Gasteiger partial charge in [-0.15, -0.1) is 0 Å². The molecule has 0 aliphatic heterocycles. The van der Waals surface area contributed by atoms with E-state index in [9.17, 15) is 19.5 Å². The molecule has 1 heterocycles. The van der Waals surface area contributed by atoms with Gasteiger partial charge < -0.3 is 20.3 Å². The van der Waals surface area contributed by atoms with Crippen LogP contribution in [0.5, 0.6) is 0 Å². The zero-order valence-electron chi connectivity index (χ0n) is 18.8. The Balaban J connectivity index is 1.83. The van der Waals surface area contributed by atoms with Gasteiger partial charge in [-0.2, -0.15) is 5.26 Å². The van der Waals surface area contributed by atoms with E-state index in [4.69, 9.17) is 5.26 Å². The summed E-state index contributed by atoms with van der Waals surface area (Å²) >= 11 is 0. The average Bonchev–Trinajstić information content (AvgIpc) is 2.98. The van der Waals surface area contributed by atoms with Crippen molar-refractivity contribution in [1.29, 1.82) is 5.26 Å². The molecule has 8 heteroatoms. The summed E-state index contributed by atoms with van der Waals surface area (Å²) in [6, 6.07) is 8.57. The van der Waals surface area contributed by atoms with Gasteiger partial charge in [0.25, 0.3) is 17.6 Å². The van der Waals surface area contributed by atoms with Crippen molar-refractivity contribution < 1.29 is 19.5 Å². The Morgan fingerprint density at radius 3 is 2.50 bits per heavy atom. The summed E-state index contributed by atoms with van der Waals surface area (Å²) in [6.07, 6.45) is 1.96. The van der Waals surface area contributed by atoms with Gasteiger partial charge in [0.1, 0.15) is 0 Å². The number of nitriles is 1. The number of anilines is 1. The van der Waals surface area contributed by atoms with Gasteiger partial charge in [-0.05, 0) is 70.2 Å². The number of nitrogens with one attached hydrogen (secondary N) is 2. The van der Waals surface area contributed by atoms with Crippen molar-refractivity contribution in [3.63, 3.8) is 0 Å². The number of carbonyl (C=O) groups excluding carboxylic acids is 3. The quantitative estimate of drug-likeness (QED) is 0.491. The average molecular weight is 437 g/mol. The van der Waals surface area contributed by atoms with Crippen molar-refractivity contribution in [2.75, 3.05) is 5.32 Å². The number of aromatic nitrogens is 1. The number of ketones is 1. The molecule has 1 fully saturated rings. The highest BCUT2D eigenvalue weighted by atomic mass is 16.3. The summed E-state index contributed by atoms with van der Waals surface area (Å²) in [5.41, 5.74) is 1.79. The Kier molecular flexibility index (Phi) is 6.51. The molecule has 8 nitrogen and oxygen atoms in total. The van der Waals surface area contributed by atoms with Crippen LogP contribution >= 0.6 is 0 Å². The van der Waals surface area contributed by atoms with Crippen LogP contribution in [-0.2, 0) is 11.8 Å². The van der Waals surface area contributed by atoms with Crippen molar-refractivity contribution in [2.24, 2.45) is 7.05 Å². The lowest BCUT2D eigenvalue weighted by atomic mass is 9.82. The maximum Gasteiger partial charge on any atom is 0.294 e. The Morgan fingerprint density at radius 1 is 1.22 bits per heavy atom. The van der Waals surface area contributed by atoms with E-state index in [1.54, 1.807) is 49.7 Å². The molecule has 32 heavy (non-hydrogen) atoms. The molecule has 3 rings (SSSR count). The molecule has 3 N–H and O–H groups in total. The van der Waals surface area contributed by atoms with Gasteiger partial charge in [-0.1, -0.05) is 6.07 Å². The number of rotatable bonds is 5. The van der Waals surface area contributed by atoms with E-state index in [0.717, 1.165) is 0 Å². The zero-order chi connectivity index (χ0) is 23.6. The molecule has 0 saturated heterocycles. The molecule has 168 valence electrons. The molecule has 1 aliphatic rings. The van der Waals surface area contributed by atoms with E-state index in [-0.39, 0.29) is 11.8 Å². The Morgan fingerprint density at radius 2 is 1.88 bits per heavy atom. The van der Waals surface area contributed by atoms with Crippen LogP contribution in [0.3, 0.4) is 0 Å². The number of nitrogens with zero attached hydrogens (tertiary/aromatic N) is 2. The molecule has 1 aliphatic carbocycles. The van der Waals surface area contributed by atoms with E-state index in [2.05, 4.69) is 10.6 Å². The van der Waals surface area contributed by atoms with E-state index >= 15 is 0 Å². The third-order valence-electron chi connectivity index (χ3n) is 6.30. The van der Waals surface area contributed by atoms with Crippen LogP contribution in [-0.4, -0.2) is 38.9 Å². The largest absolute Gasteiger partial charge is 0.393 e. The summed E-state index contributed by atoms with van der Waals surface area (Å²) in [5.74, 6) is -1.84. The number of hydrogen-bond donors (Lipinski definition) is 3. The SMILES string of the molecule is Cc1c(C(=O)Nc2cccc(C#N)c2)c(C)n(C)c1C(=O)C(=O)NC1(C)CCC(O)CC1. The van der Waals surface area contributed by atoms with Crippen LogP contribution in [0.4, 0.5) is 5.69 Å². The van der Waals surface area contributed by atoms with Gasteiger partial charge in [-0.25, -0.2) is 0 Å². The highest BCUT2D eigenvalue weighted by Crippen LogP contribution is 2.29. The second kappa shape index (κ2) is 8.97. The van der Waals surface area contributed by atoms with Crippen LogP contribution < -0.4 is 10.6 Å². The molecule has 0 spiro atoms. The van der Waals surface area contributed by atoms with Crippen LogP contribution in [0.2, 0.25) is 0 Å². The van der Waals surface area contributed by atoms with E-state index < -0.39 is 23.1 Å². The first kappa shape index (κ1) is 23.2. The lowest BCUT2D eigenvalue weighted by Crippen LogP contribution is -2.51. The molecule has 0 radical (unpaired) electrons. The smallest absolute Gasteiger partial charge is 0.294 e. The first-order valence-corrected chi connectivity index (χ1v) is 10.6. The highest BCUT2D eigenvalue weighted by molar-refractivity contribution is 6.43. The summed E-state index contributed by atoms with van der Waals surface area (Å²) in [4.78, 5) is 38.8. The molecular formula is C24H28N4O4. The van der Waals surface area contributed by atoms with Crippen molar-refractivity contribution in [3.8, 4) is 6.07 Å². The molecule has 0 unspecified atom stereocenters. The monoisotopic (exact) mass is 436 g/mol. The van der Waals surface area contributed by atoms with Gasteiger partial charge >= 0.3 is 0 Å². The standard InChI is InChI=1S/C24H28N4O4/c1-14-19(22(31)26-17-7-5-6-16(12-17)13-25)15(2)28(4)20(14)21(30)23(32)27-24(3)10-8-18(29)9-11-24/h5-7,12,18,29H,8-11H2,1-4H3,(H,26,31)(H,27,32). The highest BCUT2D eigenvalue weighted by Gasteiger charge is 2.35. The van der Waals surface area contributed by atoms with Gasteiger partial charge in [0.05, 0.1) is 29.0 Å². The summed E-state index contributed by atoms with van der Waals surface area (Å²) in [6.45, 7) is 5.24. The minimum absolute atomic E-state index is 0.162. The molecule has 0 atom stereocenters. The van der Waals surface area contributed by atoms with Gasteiger partial charge in [0, 0.05) is 24.0 Å². The fourth-order valence-corrected chi connectivity index (χ4v) is 4.30. The lowest BCUT2D eigenvalue weighted by Gasteiger charge is -2.36. The number of amides is 2. The number of benzene rings is 1. The van der Waals surface area contributed by atoms with Crippen molar-refractivity contribution in [2.45, 2.75) is 58.1 Å². The fourth-order valence-electron chi connectivity index (χ4n) is 4.30. The second-order valence-electron chi connectivity index (χ2n) is 8.71. The van der Waals surface area contributed by atoms with Gasteiger partial charge in [0.15, 0.2) is 0 Å². The molecule has 2 amide bonds.